The molecule has 5 amide bonds. The molecule has 2 aliphatic rings. The fourth-order valence-corrected chi connectivity index (χ4v) is 7.88. The largest absolute Gasteiger partial charge is 0.481 e. The number of anilines is 2. The van der Waals surface area contributed by atoms with Crippen molar-refractivity contribution in [3.63, 3.8) is 0 Å². The second-order valence-electron chi connectivity index (χ2n) is 17.7. The lowest BCUT2D eigenvalue weighted by atomic mass is 9.90. The van der Waals surface area contributed by atoms with E-state index in [-0.39, 0.29) is 62.8 Å². The molecule has 22 nitrogen and oxygen atoms in total. The van der Waals surface area contributed by atoms with Crippen LogP contribution in [-0.2, 0) is 44.8 Å². The molecule has 0 bridgehead atoms. The number of aliphatic carboxylic acids is 2. The van der Waals surface area contributed by atoms with Crippen molar-refractivity contribution in [3.05, 3.63) is 89.8 Å². The van der Waals surface area contributed by atoms with Crippen LogP contribution in [0, 0.1) is 5.92 Å². The van der Waals surface area contributed by atoms with E-state index in [4.69, 9.17) is 19.3 Å². The van der Waals surface area contributed by atoms with Gasteiger partial charge in [-0.25, -0.2) is 9.59 Å². The number of carbonyl (C=O) groups is 7. The van der Waals surface area contributed by atoms with Crippen LogP contribution in [0.3, 0.4) is 0 Å². The molecular formula is C50H66N8O14. The highest BCUT2D eigenvalue weighted by molar-refractivity contribution is 5.95. The van der Waals surface area contributed by atoms with E-state index in [1.807, 2.05) is 17.0 Å². The molecule has 0 radical (unpaired) electrons. The van der Waals surface area contributed by atoms with Gasteiger partial charge in [0.25, 0.3) is 0 Å². The van der Waals surface area contributed by atoms with Crippen molar-refractivity contribution in [2.75, 3.05) is 49.9 Å². The number of carboxylic acids is 2. The third-order valence-corrected chi connectivity index (χ3v) is 12.0. The van der Waals surface area contributed by atoms with Gasteiger partial charge in [-0.05, 0) is 91.6 Å². The van der Waals surface area contributed by atoms with Crippen molar-refractivity contribution in [2.45, 2.75) is 109 Å². The summed E-state index contributed by atoms with van der Waals surface area (Å²) in [5, 5.41) is 56.6. The topological polar surface area (TPSA) is 316 Å². The number of benzene rings is 2. The zero-order valence-electron chi connectivity index (χ0n) is 40.5. The van der Waals surface area contributed by atoms with Crippen LogP contribution in [0.5, 0.6) is 5.75 Å². The first kappa shape index (κ1) is 55.9. The van der Waals surface area contributed by atoms with Crippen molar-refractivity contribution in [2.24, 2.45) is 5.92 Å². The Kier molecular flexibility index (Phi) is 21.9. The summed E-state index contributed by atoms with van der Waals surface area (Å²) in [5.41, 5.74) is 0.926. The summed E-state index contributed by atoms with van der Waals surface area (Å²) in [7, 11) is 0. The van der Waals surface area contributed by atoms with Crippen LogP contribution in [0.15, 0.2) is 73.1 Å². The van der Waals surface area contributed by atoms with Gasteiger partial charge in [0, 0.05) is 76.3 Å². The number of aliphatic hydroxyl groups excluding tert-OH is 2. The van der Waals surface area contributed by atoms with E-state index in [1.54, 1.807) is 49.7 Å². The molecule has 0 saturated carbocycles. The van der Waals surface area contributed by atoms with E-state index >= 15 is 0 Å². The summed E-state index contributed by atoms with van der Waals surface area (Å²) < 4.78 is 16.9. The van der Waals surface area contributed by atoms with Gasteiger partial charge in [-0.1, -0.05) is 44.0 Å². The molecule has 2 saturated heterocycles. The number of pyridine rings is 1. The fourth-order valence-electron chi connectivity index (χ4n) is 7.88. The maximum Gasteiger partial charge on any atom is 0.411 e. The lowest BCUT2D eigenvalue weighted by Gasteiger charge is -2.41. The average molecular weight is 1000 g/mol. The fraction of sp³-hybridized carbons (Fsp3) is 0.480. The highest BCUT2D eigenvalue weighted by Crippen LogP contribution is 2.31. The van der Waals surface area contributed by atoms with Crippen LogP contribution in [0.1, 0.15) is 94.6 Å². The first-order valence-electron chi connectivity index (χ1n) is 24.0. The lowest BCUT2D eigenvalue weighted by Crippen LogP contribution is -2.75. The van der Waals surface area contributed by atoms with Gasteiger partial charge in [0.1, 0.15) is 30.2 Å². The van der Waals surface area contributed by atoms with Crippen molar-refractivity contribution in [1.82, 2.24) is 31.2 Å². The van der Waals surface area contributed by atoms with Crippen molar-refractivity contribution in [3.8, 4) is 5.75 Å². The molecule has 5 rings (SSSR count). The molecule has 2 aromatic carbocycles. The second-order valence-corrected chi connectivity index (χ2v) is 17.7. The van der Waals surface area contributed by atoms with Crippen molar-refractivity contribution >= 4 is 59.1 Å². The van der Waals surface area contributed by atoms with Crippen molar-refractivity contribution < 1.29 is 68.2 Å². The first-order valence-corrected chi connectivity index (χ1v) is 24.0. The minimum Gasteiger partial charge on any atom is -0.481 e. The maximum atomic E-state index is 13.3. The number of amides is 5. The van der Waals surface area contributed by atoms with E-state index in [1.165, 1.54) is 31.2 Å². The monoisotopic (exact) mass is 1000 g/mol. The molecular weight excluding hydrogens is 937 g/mol. The summed E-state index contributed by atoms with van der Waals surface area (Å²) in [6, 6.07) is 14.9. The van der Waals surface area contributed by atoms with E-state index in [9.17, 15) is 48.9 Å². The van der Waals surface area contributed by atoms with Gasteiger partial charge in [-0.15, -0.1) is 0 Å². The molecule has 390 valence electrons. The Morgan fingerprint density at radius 3 is 2.35 bits per heavy atom. The SMILES string of the molecule is CCC(OC(Oc1ccc(COC(=O)Nc2cccc(C(O)N3CCC(CCCCNC(=O)/C=C/c4cccnc4)CC3)c2)cc1NC(=O)CCNC(=O)C1(NC(=O)CCC(=O)O)CNC1)[C@H](C)O)C(=O)O. The first-order chi connectivity index (χ1) is 34.5. The molecule has 72 heavy (non-hydrogen) atoms. The third-order valence-electron chi connectivity index (χ3n) is 12.0. The summed E-state index contributed by atoms with van der Waals surface area (Å²) in [6.07, 6.45) is 4.52. The number of ether oxygens (including phenoxy) is 3. The van der Waals surface area contributed by atoms with E-state index < -0.39 is 72.4 Å². The average Bonchev–Trinajstić information content (AvgIpc) is 3.34. The second kappa shape index (κ2) is 28.2. The van der Waals surface area contributed by atoms with E-state index in [2.05, 4.69) is 36.9 Å². The summed E-state index contributed by atoms with van der Waals surface area (Å²) in [6.45, 7) is 4.63. The number of aliphatic hydroxyl groups is 2. The molecule has 3 unspecified atom stereocenters. The van der Waals surface area contributed by atoms with Crippen LogP contribution in [-0.4, -0.2) is 135 Å². The van der Waals surface area contributed by atoms with Crippen molar-refractivity contribution in [1.29, 1.82) is 0 Å². The smallest absolute Gasteiger partial charge is 0.411 e. The van der Waals surface area contributed by atoms with Crippen LogP contribution >= 0.6 is 0 Å². The Labute approximate surface area is 417 Å². The number of likely N-dealkylation sites (tertiary alicyclic amines) is 1. The summed E-state index contributed by atoms with van der Waals surface area (Å²) in [5.74, 6) is -3.90. The number of aromatic nitrogens is 1. The standard InChI is InChI=1S/C50H66N8O14/c1-3-39(46(66)67)71-47(32(2)59)72-40-14-12-35(26-38(40)56-42(61)18-23-54-48(68)50(30-52-31-50)57-43(62)16-17-44(63)64)29-70-49(69)55-37-11-6-10-36(27-37)45(65)58-24-19-33(20-25-58)8-4-5-22-53-41(60)15-13-34-9-7-21-51-28-34/h6-7,9-15,21,26-28,32-33,39,45,47,52,59,65H,3-5,8,16-20,22-25,29-31H2,1-2H3,(H,53,60)(H,54,68)(H,55,69)(H,56,61)(H,57,62)(H,63,64)(H,66,67)/b15-13+/t32-,39?,45?,47?/m0/s1. The van der Waals surface area contributed by atoms with Gasteiger partial charge in [-0.2, -0.15) is 0 Å². The molecule has 3 heterocycles. The van der Waals surface area contributed by atoms with Gasteiger partial charge < -0.3 is 61.2 Å². The molecule has 1 aromatic heterocycles. The molecule has 2 fully saturated rings. The highest BCUT2D eigenvalue weighted by Gasteiger charge is 2.45. The molecule has 22 heteroatoms. The zero-order valence-corrected chi connectivity index (χ0v) is 40.5. The molecule has 4 atom stereocenters. The Morgan fingerprint density at radius 1 is 0.903 bits per heavy atom. The molecule has 3 aromatic rings. The molecule has 0 aliphatic carbocycles. The Bertz CT molecular complexity index is 2340. The van der Waals surface area contributed by atoms with Crippen LogP contribution in [0.25, 0.3) is 6.08 Å². The van der Waals surface area contributed by atoms with Gasteiger partial charge in [-0.3, -0.25) is 39.2 Å². The number of rotatable bonds is 28. The number of piperidine rings is 1. The number of hydrogen-bond donors (Lipinski definition) is 10. The number of hydrogen-bond acceptors (Lipinski definition) is 15. The molecule has 2 aliphatic heterocycles. The van der Waals surface area contributed by atoms with E-state index in [0.29, 0.717) is 42.4 Å². The van der Waals surface area contributed by atoms with Gasteiger partial charge in [0.2, 0.25) is 29.9 Å². The highest BCUT2D eigenvalue weighted by atomic mass is 16.7. The predicted octanol–water partition coefficient (Wildman–Crippen LogP) is 3.27. The number of carbonyl (C=O) groups excluding carboxylic acids is 5. The third kappa shape index (κ3) is 18.0. The van der Waals surface area contributed by atoms with Crippen LogP contribution in [0.2, 0.25) is 0 Å². The summed E-state index contributed by atoms with van der Waals surface area (Å²) in [4.78, 5) is 92.5. The molecule has 10 N–H and O–H groups in total. The predicted molar refractivity (Wildman–Crippen MR) is 262 cm³/mol. The molecule has 0 spiro atoms. The number of unbranched alkanes of at least 4 members (excludes halogenated alkanes) is 1. The maximum absolute atomic E-state index is 13.3. The lowest BCUT2D eigenvalue weighted by molar-refractivity contribution is -0.188. The minimum absolute atomic E-state index is 0.0287. The van der Waals surface area contributed by atoms with Gasteiger partial charge in [0.05, 0.1) is 12.1 Å². The Morgan fingerprint density at radius 2 is 1.68 bits per heavy atom. The van der Waals surface area contributed by atoms with E-state index in [0.717, 1.165) is 37.7 Å². The zero-order chi connectivity index (χ0) is 52.0. The minimum atomic E-state index is -1.48. The number of nitrogens with zero attached hydrogens (tertiary/aromatic N) is 2. The van der Waals surface area contributed by atoms with Gasteiger partial charge in [0.15, 0.2) is 6.10 Å². The summed E-state index contributed by atoms with van der Waals surface area (Å²) >= 11 is 0. The van der Waals surface area contributed by atoms with Gasteiger partial charge >= 0.3 is 18.0 Å². The van der Waals surface area contributed by atoms with Crippen LogP contribution < -0.4 is 36.6 Å². The Balaban J connectivity index is 1.11. The van der Waals surface area contributed by atoms with Crippen LogP contribution in [0.4, 0.5) is 16.2 Å². The number of nitrogens with one attached hydrogen (secondary N) is 6. The number of carboxylic acid groups (broad SMARTS) is 2. The quantitative estimate of drug-likeness (QED) is 0.0284. The normalized spacial score (nSPS) is 16.2. The Hall–Kier alpha value is -6.98.